The summed E-state index contributed by atoms with van der Waals surface area (Å²) in [4.78, 5) is 28.4. The molecule has 7 nitrogen and oxygen atoms in total. The fourth-order valence-corrected chi connectivity index (χ4v) is 4.76. The van der Waals surface area contributed by atoms with Crippen molar-refractivity contribution in [3.63, 3.8) is 0 Å². The van der Waals surface area contributed by atoms with Crippen LogP contribution in [0.4, 0.5) is 13.6 Å². The van der Waals surface area contributed by atoms with Crippen LogP contribution >= 0.6 is 0 Å². The van der Waals surface area contributed by atoms with Gasteiger partial charge in [-0.2, -0.15) is 0 Å². The average Bonchev–Trinajstić information content (AvgIpc) is 3.20. The summed E-state index contributed by atoms with van der Waals surface area (Å²) in [6.07, 6.45) is 0.751. The predicted octanol–water partition coefficient (Wildman–Crippen LogP) is 4.18. The van der Waals surface area contributed by atoms with Crippen molar-refractivity contribution in [3.8, 4) is 5.75 Å². The van der Waals surface area contributed by atoms with Crippen molar-refractivity contribution in [2.24, 2.45) is 5.92 Å². The van der Waals surface area contributed by atoms with E-state index in [1.807, 2.05) is 12.1 Å². The zero-order valence-corrected chi connectivity index (χ0v) is 18.9. The third-order valence-electron chi connectivity index (χ3n) is 6.81. The van der Waals surface area contributed by atoms with Crippen molar-refractivity contribution in [3.05, 3.63) is 63.7 Å². The number of amides is 1. The van der Waals surface area contributed by atoms with Gasteiger partial charge < -0.3 is 18.8 Å². The van der Waals surface area contributed by atoms with Gasteiger partial charge in [0.05, 0.1) is 13.2 Å². The van der Waals surface area contributed by atoms with Gasteiger partial charge in [0.25, 0.3) is 5.92 Å². The largest absolute Gasteiger partial charge is 0.486 e. The molecule has 34 heavy (non-hydrogen) atoms. The van der Waals surface area contributed by atoms with Gasteiger partial charge in [0.1, 0.15) is 18.1 Å². The van der Waals surface area contributed by atoms with E-state index in [9.17, 15) is 18.4 Å². The van der Waals surface area contributed by atoms with Crippen LogP contribution in [0.1, 0.15) is 42.6 Å². The first-order chi connectivity index (χ1) is 16.3. The van der Waals surface area contributed by atoms with Crippen molar-refractivity contribution in [1.82, 2.24) is 9.80 Å². The first-order valence-electron chi connectivity index (χ1n) is 11.7. The van der Waals surface area contributed by atoms with E-state index in [4.69, 9.17) is 13.9 Å². The number of likely N-dealkylation sites (tertiary alicyclic amines) is 1. The van der Waals surface area contributed by atoms with Crippen LogP contribution in [0.15, 0.2) is 45.8 Å². The van der Waals surface area contributed by atoms with Crippen LogP contribution in [-0.2, 0) is 24.4 Å². The van der Waals surface area contributed by atoms with Crippen molar-refractivity contribution >= 4 is 6.09 Å². The Morgan fingerprint density at radius 1 is 1.12 bits per heavy atom. The lowest BCUT2D eigenvalue weighted by atomic mass is 9.91. The Morgan fingerprint density at radius 2 is 1.79 bits per heavy atom. The topological polar surface area (TPSA) is 72.2 Å². The van der Waals surface area contributed by atoms with Crippen LogP contribution in [0.25, 0.3) is 0 Å². The Balaban J connectivity index is 1.05. The van der Waals surface area contributed by atoms with Gasteiger partial charge in [-0.3, -0.25) is 9.69 Å². The van der Waals surface area contributed by atoms with Crippen molar-refractivity contribution in [2.45, 2.75) is 57.3 Å². The summed E-state index contributed by atoms with van der Waals surface area (Å²) < 4.78 is 42.3. The Hall–Kier alpha value is -2.94. The second-order valence-corrected chi connectivity index (χ2v) is 9.50. The molecule has 1 saturated heterocycles. The third kappa shape index (κ3) is 5.24. The molecule has 0 spiro atoms. The lowest BCUT2D eigenvalue weighted by molar-refractivity contribution is -0.148. The molecule has 3 aliphatic rings. The van der Waals surface area contributed by atoms with Gasteiger partial charge in [0, 0.05) is 45.1 Å². The van der Waals surface area contributed by atoms with E-state index in [0.29, 0.717) is 44.8 Å². The number of nitrogens with zero attached hydrogens (tertiary/aromatic N) is 2. The van der Waals surface area contributed by atoms with E-state index >= 15 is 0 Å². The standard InChI is InChI=1S/C25H28F2N2O5/c26-25(27)10-21(11-25)34-24(31)29-7-5-17(6-8-29)15-33-23-16-32-20(9-22(23)30)14-28-12-18-3-1-2-4-19(18)13-28/h1-4,9,16-17,21H,5-8,10-15H2. The number of alkyl halides is 2. The molecule has 0 unspecified atom stereocenters. The van der Waals surface area contributed by atoms with Gasteiger partial charge in [-0.15, -0.1) is 0 Å². The van der Waals surface area contributed by atoms with Gasteiger partial charge in [0.2, 0.25) is 11.2 Å². The molecule has 182 valence electrons. The SMILES string of the molecule is O=C(OC1CC(F)(F)C1)N1CCC(COc2coc(CN3Cc4ccccc4C3)cc2=O)CC1. The Morgan fingerprint density at radius 3 is 2.41 bits per heavy atom. The number of rotatable bonds is 6. The summed E-state index contributed by atoms with van der Waals surface area (Å²) in [5, 5.41) is 0. The number of benzene rings is 1. The summed E-state index contributed by atoms with van der Waals surface area (Å²) in [5.74, 6) is -1.75. The molecule has 9 heteroatoms. The Labute approximate surface area is 196 Å². The maximum Gasteiger partial charge on any atom is 0.410 e. The number of piperidine rings is 1. The third-order valence-corrected chi connectivity index (χ3v) is 6.81. The van der Waals surface area contributed by atoms with Crippen molar-refractivity contribution in [2.75, 3.05) is 19.7 Å². The summed E-state index contributed by atoms with van der Waals surface area (Å²) >= 11 is 0. The molecule has 1 amide bonds. The van der Waals surface area contributed by atoms with E-state index in [2.05, 4.69) is 17.0 Å². The van der Waals surface area contributed by atoms with E-state index in [1.54, 1.807) is 4.90 Å². The quantitative estimate of drug-likeness (QED) is 0.626. The molecule has 0 atom stereocenters. The number of halogens is 2. The number of ether oxygens (including phenoxy) is 2. The summed E-state index contributed by atoms with van der Waals surface area (Å²) in [6, 6.07) is 9.78. The lowest BCUT2D eigenvalue weighted by Gasteiger charge is -2.37. The minimum absolute atomic E-state index is 0.180. The number of hydrogen-bond acceptors (Lipinski definition) is 6. The highest BCUT2D eigenvalue weighted by Crippen LogP contribution is 2.39. The molecule has 0 bridgehead atoms. The molecule has 1 aromatic heterocycles. The van der Waals surface area contributed by atoms with Crippen LogP contribution in [0.5, 0.6) is 5.75 Å². The number of carbonyl (C=O) groups is 1. The minimum atomic E-state index is -2.71. The highest BCUT2D eigenvalue weighted by Gasteiger charge is 2.48. The fraction of sp³-hybridized carbons (Fsp3) is 0.520. The van der Waals surface area contributed by atoms with E-state index in [0.717, 1.165) is 13.1 Å². The Kier molecular flexibility index (Phi) is 6.29. The smallest absolute Gasteiger partial charge is 0.410 e. The van der Waals surface area contributed by atoms with Gasteiger partial charge in [-0.1, -0.05) is 24.3 Å². The molecule has 5 rings (SSSR count). The van der Waals surface area contributed by atoms with Gasteiger partial charge >= 0.3 is 6.09 Å². The molecule has 1 saturated carbocycles. The molecule has 2 aromatic rings. The highest BCUT2D eigenvalue weighted by molar-refractivity contribution is 5.68. The van der Waals surface area contributed by atoms with E-state index in [-0.39, 0.29) is 17.1 Å². The molecule has 0 radical (unpaired) electrons. The molecular formula is C25H28F2N2O5. The molecular weight excluding hydrogens is 446 g/mol. The van der Waals surface area contributed by atoms with Gasteiger partial charge in [0.15, 0.2) is 0 Å². The van der Waals surface area contributed by atoms with Gasteiger partial charge in [-0.25, -0.2) is 13.6 Å². The normalized spacial score (nSPS) is 20.6. The molecule has 1 aromatic carbocycles. The fourth-order valence-electron chi connectivity index (χ4n) is 4.76. The summed E-state index contributed by atoms with van der Waals surface area (Å²) in [5.41, 5.74) is 2.39. The number of carbonyl (C=O) groups excluding carboxylic acids is 1. The van der Waals surface area contributed by atoms with E-state index in [1.165, 1.54) is 23.5 Å². The van der Waals surface area contributed by atoms with Crippen LogP contribution < -0.4 is 10.2 Å². The first kappa shape index (κ1) is 22.8. The zero-order valence-electron chi connectivity index (χ0n) is 18.9. The van der Waals surface area contributed by atoms with Gasteiger partial charge in [-0.05, 0) is 29.9 Å². The predicted molar refractivity (Wildman–Crippen MR) is 119 cm³/mol. The molecule has 2 aliphatic heterocycles. The maximum atomic E-state index is 12.9. The van der Waals surface area contributed by atoms with Crippen LogP contribution in [0.3, 0.4) is 0 Å². The monoisotopic (exact) mass is 474 g/mol. The number of hydrogen-bond donors (Lipinski definition) is 0. The van der Waals surface area contributed by atoms with Crippen molar-refractivity contribution in [1.29, 1.82) is 0 Å². The van der Waals surface area contributed by atoms with Crippen LogP contribution in [-0.4, -0.2) is 47.6 Å². The average molecular weight is 475 g/mol. The lowest BCUT2D eigenvalue weighted by Crippen LogP contribution is -2.47. The van der Waals surface area contributed by atoms with Crippen molar-refractivity contribution < 1.29 is 27.5 Å². The molecule has 1 aliphatic carbocycles. The molecule has 0 N–H and O–H groups in total. The summed E-state index contributed by atoms with van der Waals surface area (Å²) in [6.45, 7) is 3.51. The summed E-state index contributed by atoms with van der Waals surface area (Å²) in [7, 11) is 0. The first-order valence-corrected chi connectivity index (χ1v) is 11.7. The van der Waals surface area contributed by atoms with Crippen LogP contribution in [0, 0.1) is 5.92 Å². The second kappa shape index (κ2) is 9.37. The highest BCUT2D eigenvalue weighted by atomic mass is 19.3. The second-order valence-electron chi connectivity index (χ2n) is 9.50. The zero-order chi connectivity index (χ0) is 23.7. The number of fused-ring (bicyclic) bond motifs is 1. The minimum Gasteiger partial charge on any atom is -0.486 e. The van der Waals surface area contributed by atoms with E-state index < -0.39 is 31.0 Å². The molecule has 3 heterocycles. The Bertz CT molecular complexity index is 1060. The maximum absolute atomic E-state index is 12.9. The molecule has 2 fully saturated rings. The van der Waals surface area contributed by atoms with Crippen LogP contribution in [0.2, 0.25) is 0 Å².